The second-order valence-electron chi connectivity index (χ2n) is 2.66. The number of carbonyl (C=O) groups is 2. The van der Waals surface area contributed by atoms with Gasteiger partial charge in [-0.25, -0.2) is 9.59 Å². The van der Waals surface area contributed by atoms with Crippen LogP contribution in [0.5, 0.6) is 0 Å². The van der Waals surface area contributed by atoms with Crippen molar-refractivity contribution in [3.05, 3.63) is 35.4 Å². The van der Waals surface area contributed by atoms with Crippen LogP contribution in [0.25, 0.3) is 0 Å². The van der Waals surface area contributed by atoms with E-state index in [2.05, 4.69) is 0 Å². The van der Waals surface area contributed by atoms with Gasteiger partial charge in [0, 0.05) is 5.75 Å². The van der Waals surface area contributed by atoms with Crippen molar-refractivity contribution < 1.29 is 53.9 Å². The van der Waals surface area contributed by atoms with Crippen LogP contribution < -0.4 is 29.6 Å². The maximum Gasteiger partial charge on any atom is 1.00 e. The molecule has 0 aliphatic carbocycles. The predicted octanol–water partition coefficient (Wildman–Crippen LogP) is -0.963. The van der Waals surface area contributed by atoms with Crippen LogP contribution in [0, 0.1) is 0 Å². The standard InChI is InChI=1S/C10H10O4S.Na.H2O/c1-2-15-14-10(13)8-5-3-4-7(6-8)9(11)12;;/h3-6H,2H2,1H3,(H,11,12);;1H2/q;+1;/p-1. The Labute approximate surface area is 125 Å². The molecule has 0 aliphatic rings. The molecule has 1 aromatic carbocycles. The van der Waals surface area contributed by atoms with Crippen LogP contribution in [0.4, 0.5) is 0 Å². The van der Waals surface area contributed by atoms with Gasteiger partial charge in [-0.15, -0.1) is 0 Å². The molecule has 0 heterocycles. The first-order valence-electron chi connectivity index (χ1n) is 4.32. The van der Waals surface area contributed by atoms with Crippen molar-refractivity contribution in [2.45, 2.75) is 6.92 Å². The van der Waals surface area contributed by atoms with E-state index in [1.54, 1.807) is 0 Å². The summed E-state index contributed by atoms with van der Waals surface area (Å²) in [7, 11) is 0. The summed E-state index contributed by atoms with van der Waals surface area (Å²) in [5, 5.41) is 8.71. The first-order chi connectivity index (χ1) is 7.15. The Bertz CT molecular complexity index is 383. The number of hydrogen-bond donors (Lipinski definition) is 1. The van der Waals surface area contributed by atoms with Gasteiger partial charge in [0.15, 0.2) is 0 Å². The van der Waals surface area contributed by atoms with Crippen molar-refractivity contribution in [1.29, 1.82) is 0 Å². The summed E-state index contributed by atoms with van der Waals surface area (Å²) in [5.41, 5.74) is 0.321. The number of rotatable bonds is 4. The third-order valence-electron chi connectivity index (χ3n) is 1.60. The van der Waals surface area contributed by atoms with Crippen molar-refractivity contribution in [3.8, 4) is 0 Å². The van der Waals surface area contributed by atoms with Crippen molar-refractivity contribution in [3.63, 3.8) is 0 Å². The average molecular weight is 266 g/mol. The molecule has 0 saturated heterocycles. The zero-order chi connectivity index (χ0) is 11.3. The Hall–Kier alpha value is -0.530. The summed E-state index contributed by atoms with van der Waals surface area (Å²) < 4.78 is 4.80. The van der Waals surface area contributed by atoms with Crippen molar-refractivity contribution in [2.75, 3.05) is 5.75 Å². The molecule has 0 atom stereocenters. The van der Waals surface area contributed by atoms with Gasteiger partial charge in [0.25, 0.3) is 0 Å². The second-order valence-corrected chi connectivity index (χ2v) is 3.64. The Morgan fingerprint density at radius 2 is 1.94 bits per heavy atom. The fourth-order valence-corrected chi connectivity index (χ4v) is 1.26. The van der Waals surface area contributed by atoms with Gasteiger partial charge in [-0.1, -0.05) is 13.0 Å². The smallest absolute Gasteiger partial charge is 0.870 e. The minimum absolute atomic E-state index is 0. The van der Waals surface area contributed by atoms with E-state index in [1.807, 2.05) is 6.92 Å². The predicted molar refractivity (Wildman–Crippen MR) is 58.9 cm³/mol. The maximum absolute atomic E-state index is 11.3. The van der Waals surface area contributed by atoms with E-state index in [9.17, 15) is 9.59 Å². The van der Waals surface area contributed by atoms with Crippen LogP contribution in [0.3, 0.4) is 0 Å². The molecule has 1 aromatic rings. The first-order valence-corrected chi connectivity index (χ1v) is 5.23. The monoisotopic (exact) mass is 266 g/mol. The Morgan fingerprint density at radius 3 is 2.47 bits per heavy atom. The van der Waals surface area contributed by atoms with Gasteiger partial charge in [-0.3, -0.25) is 0 Å². The Morgan fingerprint density at radius 1 is 1.35 bits per heavy atom. The largest absolute Gasteiger partial charge is 1.00 e. The molecular weight excluding hydrogens is 255 g/mol. The maximum atomic E-state index is 11.3. The normalized spacial score (nSPS) is 8.53. The van der Waals surface area contributed by atoms with Crippen LogP contribution in [-0.4, -0.2) is 28.3 Å². The molecular formula is C10H11NaO5S. The van der Waals surface area contributed by atoms with Crippen molar-refractivity contribution in [1.82, 2.24) is 0 Å². The van der Waals surface area contributed by atoms with Gasteiger partial charge < -0.3 is 14.8 Å². The molecule has 1 rings (SSSR count). The molecule has 0 aliphatic heterocycles. The molecule has 0 bridgehead atoms. The SMILES string of the molecule is CCSOC(=O)c1cccc(C(=O)O)c1.[Na+].[OH-]. The summed E-state index contributed by atoms with van der Waals surface area (Å²) in [6.07, 6.45) is 0. The van der Waals surface area contributed by atoms with Gasteiger partial charge in [0.2, 0.25) is 0 Å². The number of carbonyl (C=O) groups excluding carboxylic acids is 1. The molecule has 5 nitrogen and oxygen atoms in total. The Kier molecular flexibility index (Phi) is 10.5. The van der Waals surface area contributed by atoms with E-state index in [1.165, 1.54) is 24.3 Å². The number of aromatic carboxylic acids is 1. The minimum Gasteiger partial charge on any atom is -0.870 e. The zero-order valence-corrected chi connectivity index (χ0v) is 12.4. The van der Waals surface area contributed by atoms with Crippen molar-refractivity contribution in [2.24, 2.45) is 0 Å². The van der Waals surface area contributed by atoms with Crippen LogP contribution in [0.1, 0.15) is 27.6 Å². The number of hydrogen-bond acceptors (Lipinski definition) is 5. The van der Waals surface area contributed by atoms with E-state index in [4.69, 9.17) is 9.29 Å². The zero-order valence-electron chi connectivity index (χ0n) is 9.54. The third kappa shape index (κ3) is 6.09. The molecule has 88 valence electrons. The fraction of sp³-hybridized carbons (Fsp3) is 0.200. The Balaban J connectivity index is 0. The van der Waals surface area contributed by atoms with Crippen LogP contribution in [-0.2, 0) is 4.18 Å². The molecule has 0 unspecified atom stereocenters. The fourth-order valence-electron chi connectivity index (χ4n) is 0.940. The number of benzene rings is 1. The van der Waals surface area contributed by atoms with E-state index in [0.717, 1.165) is 12.0 Å². The van der Waals surface area contributed by atoms with E-state index in [-0.39, 0.29) is 46.2 Å². The van der Waals surface area contributed by atoms with Gasteiger partial charge in [-0.2, -0.15) is 0 Å². The van der Waals surface area contributed by atoms with Crippen LogP contribution >= 0.6 is 12.0 Å². The molecule has 0 saturated carbocycles. The van der Waals surface area contributed by atoms with Gasteiger partial charge in [-0.05, 0) is 18.2 Å². The quantitative estimate of drug-likeness (QED) is 0.557. The average Bonchev–Trinajstić information content (AvgIpc) is 2.26. The summed E-state index contributed by atoms with van der Waals surface area (Å²) in [6, 6.07) is 5.74. The van der Waals surface area contributed by atoms with Gasteiger partial charge in [0.05, 0.1) is 23.2 Å². The summed E-state index contributed by atoms with van der Waals surface area (Å²) in [4.78, 5) is 22.0. The van der Waals surface area contributed by atoms with Gasteiger partial charge in [0.1, 0.15) is 0 Å². The van der Waals surface area contributed by atoms with Gasteiger partial charge >= 0.3 is 41.5 Å². The summed E-state index contributed by atoms with van der Waals surface area (Å²) in [6.45, 7) is 1.85. The topological polar surface area (TPSA) is 93.6 Å². The van der Waals surface area contributed by atoms with Crippen molar-refractivity contribution >= 4 is 24.0 Å². The summed E-state index contributed by atoms with van der Waals surface area (Å²) >= 11 is 1.03. The van der Waals surface area contributed by atoms with E-state index >= 15 is 0 Å². The first kappa shape index (κ1) is 18.8. The second kappa shape index (κ2) is 9.49. The van der Waals surface area contributed by atoms with Crippen LogP contribution in [0.2, 0.25) is 0 Å². The molecule has 0 radical (unpaired) electrons. The molecule has 0 fully saturated rings. The van der Waals surface area contributed by atoms with E-state index in [0.29, 0.717) is 5.75 Å². The van der Waals surface area contributed by atoms with E-state index < -0.39 is 11.9 Å². The molecule has 0 aromatic heterocycles. The number of carboxylic acids is 1. The molecule has 7 heteroatoms. The summed E-state index contributed by atoms with van der Waals surface area (Å²) in [5.74, 6) is -0.928. The number of carboxylic acid groups (broad SMARTS) is 1. The molecule has 17 heavy (non-hydrogen) atoms. The van der Waals surface area contributed by atoms with Crippen LogP contribution in [0.15, 0.2) is 24.3 Å². The minimum atomic E-state index is -1.06. The molecule has 2 N–H and O–H groups in total. The third-order valence-corrected chi connectivity index (χ3v) is 2.10. The molecule has 0 spiro atoms. The molecule has 0 amide bonds.